The van der Waals surface area contributed by atoms with E-state index >= 15 is 0 Å². The van der Waals surface area contributed by atoms with E-state index in [4.69, 9.17) is 4.74 Å². The Morgan fingerprint density at radius 1 is 1.15 bits per heavy atom. The quantitative estimate of drug-likeness (QED) is 0.561. The molecule has 3 rings (SSSR count). The predicted molar refractivity (Wildman–Crippen MR) is 129 cm³/mol. The summed E-state index contributed by atoms with van der Waals surface area (Å²) in [5.74, 6) is -0.0897. The Bertz CT molecular complexity index is 1040. The summed E-state index contributed by atoms with van der Waals surface area (Å²) in [7, 11) is 2.71. The summed E-state index contributed by atoms with van der Waals surface area (Å²) in [5.41, 5.74) is 1.60. The van der Waals surface area contributed by atoms with Crippen LogP contribution in [0.1, 0.15) is 28.4 Å². The average Bonchev–Trinajstić information content (AvgIpc) is 2.82. The summed E-state index contributed by atoms with van der Waals surface area (Å²) in [6.07, 6.45) is 0.803. The molecule has 8 nitrogen and oxygen atoms in total. The van der Waals surface area contributed by atoms with Gasteiger partial charge in [-0.3, -0.25) is 9.69 Å². The van der Waals surface area contributed by atoms with Gasteiger partial charge in [-0.15, -0.1) is 0 Å². The maximum atomic E-state index is 12.7. The Hall–Kier alpha value is -2.46. The summed E-state index contributed by atoms with van der Waals surface area (Å²) < 4.78 is 31.5. The van der Waals surface area contributed by atoms with Crippen molar-refractivity contribution in [3.63, 3.8) is 0 Å². The minimum absolute atomic E-state index is 0.0224. The van der Waals surface area contributed by atoms with Gasteiger partial charge in [-0.1, -0.05) is 30.3 Å². The van der Waals surface area contributed by atoms with Gasteiger partial charge in [-0.2, -0.15) is 0 Å². The number of methoxy groups -OCH3 is 1. The van der Waals surface area contributed by atoms with Crippen molar-refractivity contribution in [2.45, 2.75) is 17.4 Å². The molecule has 0 aromatic heterocycles. The van der Waals surface area contributed by atoms with Crippen LogP contribution in [0.4, 0.5) is 0 Å². The fraction of sp³-hybridized carbons (Fsp3) is 0.458. The van der Waals surface area contributed by atoms with Gasteiger partial charge >= 0.3 is 0 Å². The van der Waals surface area contributed by atoms with E-state index in [0.717, 1.165) is 36.9 Å². The van der Waals surface area contributed by atoms with Crippen molar-refractivity contribution in [2.24, 2.45) is 0 Å². The van der Waals surface area contributed by atoms with E-state index in [1.807, 2.05) is 6.07 Å². The monoisotopic (exact) mass is 474 g/mol. The lowest BCUT2D eigenvalue weighted by molar-refractivity contribution is 0.0865. The van der Waals surface area contributed by atoms with E-state index in [0.29, 0.717) is 12.6 Å². The van der Waals surface area contributed by atoms with Crippen molar-refractivity contribution in [1.29, 1.82) is 0 Å². The standard InChI is InChI=1S/C24H34N4O4S/c1-26(2)33(30,31)23-17-20(11-12-22(23)32-4)24(29)25-13-8-14-28-16-15-27(3)18-21(28)19-9-6-5-7-10-19/h5-7,9-12,17,21H,8,13-16,18H2,1-4H3,(H,25,29). The van der Waals surface area contributed by atoms with Gasteiger partial charge in [0.05, 0.1) is 7.11 Å². The predicted octanol–water partition coefficient (Wildman–Crippen LogP) is 2.05. The third kappa shape index (κ3) is 6.11. The van der Waals surface area contributed by atoms with Crippen LogP contribution in [0.5, 0.6) is 5.75 Å². The van der Waals surface area contributed by atoms with E-state index in [2.05, 4.69) is 46.4 Å². The van der Waals surface area contributed by atoms with E-state index in [1.165, 1.54) is 38.9 Å². The zero-order valence-corrected chi connectivity index (χ0v) is 20.6. The molecule has 1 saturated heterocycles. The van der Waals surface area contributed by atoms with E-state index in [-0.39, 0.29) is 22.1 Å². The average molecular weight is 475 g/mol. The second-order valence-electron chi connectivity index (χ2n) is 8.49. The molecule has 180 valence electrons. The van der Waals surface area contributed by atoms with E-state index in [9.17, 15) is 13.2 Å². The second kappa shape index (κ2) is 11.1. The van der Waals surface area contributed by atoms with Gasteiger partial charge in [0, 0.05) is 58.4 Å². The lowest BCUT2D eigenvalue weighted by Crippen LogP contribution is -2.47. The molecule has 2 aromatic rings. The lowest BCUT2D eigenvalue weighted by Gasteiger charge is -2.40. The first-order chi connectivity index (χ1) is 15.7. The maximum Gasteiger partial charge on any atom is 0.251 e. The van der Waals surface area contributed by atoms with Gasteiger partial charge in [-0.05, 0) is 37.2 Å². The first-order valence-electron chi connectivity index (χ1n) is 11.1. The second-order valence-corrected chi connectivity index (χ2v) is 10.6. The number of amides is 1. The lowest BCUT2D eigenvalue weighted by atomic mass is 10.0. The number of hydrogen-bond donors (Lipinski definition) is 1. The number of piperazine rings is 1. The highest BCUT2D eigenvalue weighted by Crippen LogP contribution is 2.27. The summed E-state index contributed by atoms with van der Waals surface area (Å²) in [5, 5.41) is 2.92. The molecular weight excluding hydrogens is 440 g/mol. The fourth-order valence-corrected chi connectivity index (χ4v) is 5.09. The molecule has 9 heteroatoms. The van der Waals surface area contributed by atoms with Gasteiger partial charge < -0.3 is 15.0 Å². The SMILES string of the molecule is COc1ccc(C(=O)NCCCN2CCN(C)CC2c2ccccc2)cc1S(=O)(=O)N(C)C. The molecule has 1 N–H and O–H groups in total. The largest absolute Gasteiger partial charge is 0.495 e. The van der Waals surface area contributed by atoms with Crippen LogP contribution in [0.15, 0.2) is 53.4 Å². The number of benzene rings is 2. The Kier molecular flexibility index (Phi) is 8.47. The molecule has 1 aliphatic heterocycles. The van der Waals surface area contributed by atoms with Crippen LogP contribution < -0.4 is 10.1 Å². The highest BCUT2D eigenvalue weighted by molar-refractivity contribution is 7.89. The number of carbonyl (C=O) groups excluding carboxylic acids is 1. The zero-order chi connectivity index (χ0) is 24.0. The summed E-state index contributed by atoms with van der Waals surface area (Å²) in [6, 6.07) is 15.3. The molecule has 1 unspecified atom stereocenters. The molecule has 0 spiro atoms. The van der Waals surface area contributed by atoms with Gasteiger partial charge in [0.15, 0.2) is 0 Å². The van der Waals surface area contributed by atoms with Crippen molar-refractivity contribution < 1.29 is 17.9 Å². The van der Waals surface area contributed by atoms with Crippen molar-refractivity contribution in [3.8, 4) is 5.75 Å². The Balaban J connectivity index is 1.60. The molecule has 0 radical (unpaired) electrons. The van der Waals surface area contributed by atoms with Gasteiger partial charge in [0.1, 0.15) is 10.6 Å². The number of carbonyl (C=O) groups is 1. The maximum absolute atomic E-state index is 12.7. The molecule has 1 atom stereocenters. The Morgan fingerprint density at radius 3 is 2.55 bits per heavy atom. The minimum Gasteiger partial charge on any atom is -0.495 e. The molecule has 1 amide bonds. The molecule has 1 fully saturated rings. The molecule has 0 bridgehead atoms. The van der Waals surface area contributed by atoms with Gasteiger partial charge in [0.2, 0.25) is 10.0 Å². The summed E-state index contributed by atoms with van der Waals surface area (Å²) in [4.78, 5) is 17.5. The minimum atomic E-state index is -3.73. The van der Waals surface area contributed by atoms with Crippen LogP contribution in [0.2, 0.25) is 0 Å². The number of nitrogens with zero attached hydrogens (tertiary/aromatic N) is 3. The molecule has 0 aliphatic carbocycles. The number of rotatable bonds is 9. The molecule has 1 aliphatic rings. The first kappa shape index (κ1) is 25.2. The smallest absolute Gasteiger partial charge is 0.251 e. The van der Waals surface area contributed by atoms with Crippen molar-refractivity contribution in [3.05, 3.63) is 59.7 Å². The van der Waals surface area contributed by atoms with Crippen LogP contribution in [0, 0.1) is 0 Å². The number of sulfonamides is 1. The van der Waals surface area contributed by atoms with Crippen molar-refractivity contribution >= 4 is 15.9 Å². The number of likely N-dealkylation sites (N-methyl/N-ethyl adjacent to an activating group) is 1. The Morgan fingerprint density at radius 2 is 1.88 bits per heavy atom. The first-order valence-corrected chi connectivity index (χ1v) is 12.5. The normalized spacial score (nSPS) is 17.8. The fourth-order valence-electron chi connectivity index (χ4n) is 4.02. The molecule has 33 heavy (non-hydrogen) atoms. The summed E-state index contributed by atoms with van der Waals surface area (Å²) in [6.45, 7) is 4.36. The highest BCUT2D eigenvalue weighted by Gasteiger charge is 2.26. The topological polar surface area (TPSA) is 82.2 Å². The van der Waals surface area contributed by atoms with Gasteiger partial charge in [0.25, 0.3) is 5.91 Å². The number of hydrogen-bond acceptors (Lipinski definition) is 6. The van der Waals surface area contributed by atoms with Crippen molar-refractivity contribution in [1.82, 2.24) is 19.4 Å². The molecule has 2 aromatic carbocycles. The molecule has 1 heterocycles. The Labute approximate surface area is 197 Å². The van der Waals surface area contributed by atoms with E-state index in [1.54, 1.807) is 6.07 Å². The van der Waals surface area contributed by atoms with Crippen LogP contribution in [-0.2, 0) is 10.0 Å². The van der Waals surface area contributed by atoms with E-state index < -0.39 is 10.0 Å². The highest BCUT2D eigenvalue weighted by atomic mass is 32.2. The van der Waals surface area contributed by atoms with Crippen molar-refractivity contribution in [2.75, 3.05) is 61.0 Å². The molecular formula is C24H34N4O4S. The number of ether oxygens (including phenoxy) is 1. The number of nitrogens with one attached hydrogen (secondary N) is 1. The van der Waals surface area contributed by atoms with Crippen LogP contribution in [0.3, 0.4) is 0 Å². The third-order valence-corrected chi connectivity index (χ3v) is 7.81. The zero-order valence-electron chi connectivity index (χ0n) is 19.8. The third-order valence-electron chi connectivity index (χ3n) is 5.97. The van der Waals surface area contributed by atoms with Crippen LogP contribution in [-0.4, -0.2) is 89.4 Å². The molecule has 0 saturated carbocycles. The van der Waals surface area contributed by atoms with Crippen LogP contribution in [0.25, 0.3) is 0 Å². The summed E-state index contributed by atoms with van der Waals surface area (Å²) >= 11 is 0. The van der Waals surface area contributed by atoms with Crippen LogP contribution >= 0.6 is 0 Å². The van der Waals surface area contributed by atoms with Gasteiger partial charge in [-0.25, -0.2) is 12.7 Å².